The number of carbonyl (C=O) groups excluding carboxylic acids is 2. The van der Waals surface area contributed by atoms with Gasteiger partial charge in [-0.3, -0.25) is 14.6 Å². The van der Waals surface area contributed by atoms with Crippen LogP contribution >= 0.6 is 0 Å². The second-order valence-corrected chi connectivity index (χ2v) is 8.07. The number of amides is 2. The van der Waals surface area contributed by atoms with Crippen molar-refractivity contribution in [2.75, 3.05) is 18.9 Å². The van der Waals surface area contributed by atoms with E-state index in [1.165, 1.54) is 4.90 Å². The maximum absolute atomic E-state index is 13.5. The topological polar surface area (TPSA) is 75.2 Å². The van der Waals surface area contributed by atoms with Gasteiger partial charge in [-0.05, 0) is 74.9 Å². The molecule has 1 N–H and O–H groups in total. The van der Waals surface area contributed by atoms with E-state index in [4.69, 9.17) is 4.98 Å². The van der Waals surface area contributed by atoms with Crippen LogP contribution in [0.3, 0.4) is 0 Å². The van der Waals surface area contributed by atoms with Crippen molar-refractivity contribution in [3.8, 4) is 0 Å². The molecule has 1 aliphatic carbocycles. The molecule has 154 valence electrons. The highest BCUT2D eigenvalue weighted by molar-refractivity contribution is 6.09. The number of nitrogens with zero attached hydrogens (tertiary/aromatic N) is 3. The lowest BCUT2D eigenvalue weighted by Gasteiger charge is -2.24. The Morgan fingerprint density at radius 2 is 1.83 bits per heavy atom. The first-order valence-corrected chi connectivity index (χ1v) is 10.3. The number of fused-ring (bicyclic) bond motifs is 2. The first-order chi connectivity index (χ1) is 14.4. The Balaban J connectivity index is 1.63. The number of aryl methyl sites for hydroxylation is 3. The average Bonchev–Trinajstić information content (AvgIpc) is 2.71. The molecule has 0 spiro atoms. The van der Waals surface area contributed by atoms with E-state index in [0.717, 1.165) is 59.0 Å². The maximum Gasteiger partial charge on any atom is 0.255 e. The van der Waals surface area contributed by atoms with Crippen molar-refractivity contribution >= 4 is 28.5 Å². The summed E-state index contributed by atoms with van der Waals surface area (Å²) in [4.78, 5) is 36.5. The number of carbonyl (C=O) groups is 2. The van der Waals surface area contributed by atoms with Crippen LogP contribution in [0.2, 0.25) is 0 Å². The van der Waals surface area contributed by atoms with Crippen LogP contribution in [0, 0.1) is 13.8 Å². The molecule has 1 aromatic carbocycles. The number of aromatic nitrogens is 2. The summed E-state index contributed by atoms with van der Waals surface area (Å²) >= 11 is 0. The van der Waals surface area contributed by atoms with E-state index in [1.54, 1.807) is 19.3 Å². The second-order valence-electron chi connectivity index (χ2n) is 8.07. The Labute approximate surface area is 176 Å². The van der Waals surface area contributed by atoms with Crippen LogP contribution < -0.4 is 5.32 Å². The summed E-state index contributed by atoms with van der Waals surface area (Å²) in [5.41, 5.74) is 5.68. The molecule has 1 aliphatic rings. The van der Waals surface area contributed by atoms with E-state index < -0.39 is 0 Å². The van der Waals surface area contributed by atoms with Crippen molar-refractivity contribution in [1.82, 2.24) is 14.9 Å². The smallest absolute Gasteiger partial charge is 0.255 e. The van der Waals surface area contributed by atoms with Gasteiger partial charge in [0, 0.05) is 24.3 Å². The summed E-state index contributed by atoms with van der Waals surface area (Å²) in [6.07, 6.45) is 5.53. The normalized spacial score (nSPS) is 13.0. The number of pyridine rings is 2. The predicted molar refractivity (Wildman–Crippen MR) is 118 cm³/mol. The van der Waals surface area contributed by atoms with Crippen LogP contribution in [0.15, 0.2) is 36.5 Å². The van der Waals surface area contributed by atoms with Gasteiger partial charge in [0.15, 0.2) is 0 Å². The molecule has 0 saturated carbocycles. The number of benzene rings is 1. The van der Waals surface area contributed by atoms with E-state index >= 15 is 0 Å². The molecule has 0 aliphatic heterocycles. The Morgan fingerprint density at radius 1 is 1.07 bits per heavy atom. The van der Waals surface area contributed by atoms with Crippen LogP contribution in [0.25, 0.3) is 10.9 Å². The quantitative estimate of drug-likeness (QED) is 0.720. The van der Waals surface area contributed by atoms with Crippen LogP contribution in [0.5, 0.6) is 0 Å². The molecule has 0 atom stereocenters. The Morgan fingerprint density at radius 3 is 2.63 bits per heavy atom. The highest BCUT2D eigenvalue weighted by atomic mass is 16.2. The zero-order valence-electron chi connectivity index (χ0n) is 17.7. The van der Waals surface area contributed by atoms with Gasteiger partial charge in [0.2, 0.25) is 5.91 Å². The van der Waals surface area contributed by atoms with Crippen LogP contribution in [0.1, 0.15) is 45.6 Å². The van der Waals surface area contributed by atoms with E-state index in [9.17, 15) is 9.59 Å². The third-order valence-electron chi connectivity index (χ3n) is 5.54. The fraction of sp³-hybridized carbons (Fsp3) is 0.333. The van der Waals surface area contributed by atoms with Crippen LogP contribution in [-0.2, 0) is 17.6 Å². The van der Waals surface area contributed by atoms with Gasteiger partial charge in [0.25, 0.3) is 5.91 Å². The molecule has 0 bridgehead atoms. The molecule has 0 unspecified atom stereocenters. The molecule has 6 nitrogen and oxygen atoms in total. The molecule has 2 heterocycles. The summed E-state index contributed by atoms with van der Waals surface area (Å²) in [7, 11) is 1.67. The minimum atomic E-state index is -0.271. The van der Waals surface area contributed by atoms with Crippen molar-refractivity contribution < 1.29 is 9.59 Å². The largest absolute Gasteiger partial charge is 0.332 e. The van der Waals surface area contributed by atoms with Gasteiger partial charge in [-0.25, -0.2) is 4.98 Å². The fourth-order valence-corrected chi connectivity index (χ4v) is 4.05. The first-order valence-electron chi connectivity index (χ1n) is 10.3. The molecule has 2 amide bonds. The lowest BCUT2D eigenvalue weighted by Crippen LogP contribution is -2.36. The monoisotopic (exact) mass is 402 g/mol. The van der Waals surface area contributed by atoms with E-state index in [-0.39, 0.29) is 18.4 Å². The van der Waals surface area contributed by atoms with Crippen molar-refractivity contribution in [2.24, 2.45) is 0 Å². The number of anilines is 1. The average molecular weight is 402 g/mol. The van der Waals surface area contributed by atoms with Gasteiger partial charge in [0.05, 0.1) is 17.6 Å². The van der Waals surface area contributed by atoms with E-state index in [2.05, 4.69) is 10.3 Å². The standard InChI is InChI=1S/C24H26N4O2/c1-15-8-9-20-18(12-15)23(17-6-4-5-7-19(17)26-20)24(30)28(3)14-22(29)27-21-13-16(2)10-11-25-21/h8-13H,4-7,14H2,1-3H3,(H,25,27,29). The molecule has 2 aromatic heterocycles. The van der Waals surface area contributed by atoms with Crippen LogP contribution in [-0.4, -0.2) is 40.3 Å². The maximum atomic E-state index is 13.5. The van der Waals surface area contributed by atoms with Gasteiger partial charge in [-0.15, -0.1) is 0 Å². The van der Waals surface area contributed by atoms with Gasteiger partial charge in [0.1, 0.15) is 5.82 Å². The van der Waals surface area contributed by atoms with Crippen molar-refractivity contribution in [1.29, 1.82) is 0 Å². The third kappa shape index (κ3) is 4.03. The summed E-state index contributed by atoms with van der Waals surface area (Å²) in [5.74, 6) is 0.0778. The lowest BCUT2D eigenvalue weighted by atomic mass is 9.89. The highest BCUT2D eigenvalue weighted by Crippen LogP contribution is 2.30. The Kier molecular flexibility index (Phi) is 5.48. The number of nitrogens with one attached hydrogen (secondary N) is 1. The molecule has 4 rings (SSSR count). The molecule has 3 aromatic rings. The fourth-order valence-electron chi connectivity index (χ4n) is 4.05. The highest BCUT2D eigenvalue weighted by Gasteiger charge is 2.25. The molecule has 0 fully saturated rings. The molecule has 6 heteroatoms. The summed E-state index contributed by atoms with van der Waals surface area (Å²) in [5, 5.41) is 3.64. The molecule has 0 saturated heterocycles. The minimum Gasteiger partial charge on any atom is -0.332 e. The lowest BCUT2D eigenvalue weighted by molar-refractivity contribution is -0.116. The van der Waals surface area contributed by atoms with Crippen LogP contribution in [0.4, 0.5) is 5.82 Å². The van der Waals surface area contributed by atoms with E-state index in [1.807, 2.05) is 38.1 Å². The number of hydrogen-bond acceptors (Lipinski definition) is 4. The molecule has 30 heavy (non-hydrogen) atoms. The van der Waals surface area contributed by atoms with Crippen molar-refractivity contribution in [3.63, 3.8) is 0 Å². The summed E-state index contributed by atoms with van der Waals surface area (Å²) in [6.45, 7) is 3.91. The first kappa shape index (κ1) is 20.0. The Bertz CT molecular complexity index is 1140. The number of likely N-dealkylation sites (N-methyl/N-ethyl adjacent to an activating group) is 1. The second kappa shape index (κ2) is 8.22. The summed E-state index contributed by atoms with van der Waals surface area (Å²) < 4.78 is 0. The zero-order valence-corrected chi connectivity index (χ0v) is 17.7. The molecule has 0 radical (unpaired) electrons. The SMILES string of the molecule is Cc1ccnc(NC(=O)CN(C)C(=O)c2c3c(nc4ccc(C)cc24)CCCC3)c1. The predicted octanol–water partition coefficient (Wildman–Crippen LogP) is 3.84. The number of rotatable bonds is 4. The molecular formula is C24H26N4O2. The Hall–Kier alpha value is -3.28. The van der Waals surface area contributed by atoms with Gasteiger partial charge < -0.3 is 10.2 Å². The molecular weight excluding hydrogens is 376 g/mol. The van der Waals surface area contributed by atoms with Crippen molar-refractivity contribution in [3.05, 3.63) is 64.5 Å². The van der Waals surface area contributed by atoms with Gasteiger partial charge >= 0.3 is 0 Å². The van der Waals surface area contributed by atoms with E-state index in [0.29, 0.717) is 11.4 Å². The number of hydrogen-bond donors (Lipinski definition) is 1. The van der Waals surface area contributed by atoms with Gasteiger partial charge in [-0.1, -0.05) is 11.6 Å². The van der Waals surface area contributed by atoms with Crippen molar-refractivity contribution in [2.45, 2.75) is 39.5 Å². The third-order valence-corrected chi connectivity index (χ3v) is 5.54. The van der Waals surface area contributed by atoms with Gasteiger partial charge in [-0.2, -0.15) is 0 Å². The summed E-state index contributed by atoms with van der Waals surface area (Å²) in [6, 6.07) is 9.69. The zero-order chi connectivity index (χ0) is 21.3. The minimum absolute atomic E-state index is 0.0428.